The van der Waals surface area contributed by atoms with E-state index >= 15 is 0 Å². The highest BCUT2D eigenvalue weighted by molar-refractivity contribution is 5.94. The molecule has 5 atom stereocenters. The van der Waals surface area contributed by atoms with Crippen molar-refractivity contribution < 1.29 is 19.4 Å². The average molecular weight is 264 g/mol. The van der Waals surface area contributed by atoms with Gasteiger partial charge in [0.15, 0.2) is 0 Å². The van der Waals surface area contributed by atoms with Gasteiger partial charge < -0.3 is 9.84 Å². The first-order valence-corrected chi connectivity index (χ1v) is 6.94. The maximum absolute atomic E-state index is 12.4. The molecular weight excluding hydrogens is 244 g/mol. The first-order chi connectivity index (χ1) is 8.78. The molecule has 0 unspecified atom stereocenters. The third-order valence-corrected chi connectivity index (χ3v) is 5.60. The first kappa shape index (κ1) is 12.9. The van der Waals surface area contributed by atoms with E-state index in [-0.39, 0.29) is 23.6 Å². The average Bonchev–Trinajstić information content (AvgIpc) is 2.76. The van der Waals surface area contributed by atoms with Crippen molar-refractivity contribution in [1.82, 2.24) is 0 Å². The van der Waals surface area contributed by atoms with Crippen molar-refractivity contribution >= 4 is 11.8 Å². The Balaban J connectivity index is 2.11. The zero-order valence-electron chi connectivity index (χ0n) is 11.4. The van der Waals surface area contributed by atoms with Crippen LogP contribution >= 0.6 is 0 Å². The smallest absolute Gasteiger partial charge is 0.334 e. The molecule has 1 saturated heterocycles. The van der Waals surface area contributed by atoms with E-state index in [1.165, 1.54) is 0 Å². The molecule has 104 valence electrons. The summed E-state index contributed by atoms with van der Waals surface area (Å²) in [4.78, 5) is 24.2. The Kier molecular flexibility index (Phi) is 2.50. The summed E-state index contributed by atoms with van der Waals surface area (Å²) in [7, 11) is 0. The Morgan fingerprint density at radius 2 is 2.00 bits per heavy atom. The van der Waals surface area contributed by atoms with Gasteiger partial charge in [-0.3, -0.25) is 4.79 Å². The van der Waals surface area contributed by atoms with Crippen LogP contribution in [0.3, 0.4) is 0 Å². The fraction of sp³-hybridized carbons (Fsp3) is 0.733. The van der Waals surface area contributed by atoms with Crippen molar-refractivity contribution in [2.24, 2.45) is 17.3 Å². The SMILES string of the molecule is C=C1C(=O)O[C@@H]2[C@H]1CC[C@@](C)(O)[C@@H]1CCC(=O)[C@@]21C. The van der Waals surface area contributed by atoms with Crippen LogP contribution in [0.15, 0.2) is 12.2 Å². The molecule has 0 spiro atoms. The number of ketones is 1. The summed E-state index contributed by atoms with van der Waals surface area (Å²) < 4.78 is 5.47. The van der Waals surface area contributed by atoms with Crippen LogP contribution in [-0.4, -0.2) is 28.6 Å². The number of aliphatic hydroxyl groups is 1. The van der Waals surface area contributed by atoms with Crippen LogP contribution < -0.4 is 0 Å². The van der Waals surface area contributed by atoms with Crippen molar-refractivity contribution in [1.29, 1.82) is 0 Å². The van der Waals surface area contributed by atoms with E-state index in [0.29, 0.717) is 31.3 Å². The van der Waals surface area contributed by atoms with Crippen molar-refractivity contribution in [3.8, 4) is 0 Å². The molecule has 1 aliphatic heterocycles. The largest absolute Gasteiger partial charge is 0.457 e. The standard InChI is InChI=1S/C15H20O4/c1-8-9-6-7-14(2,18)10-4-5-11(16)15(10,3)12(9)19-13(8)17/h9-10,12,18H,1,4-7H2,2-3H3/t9-,10-,12+,14+,15-/m0/s1. The van der Waals surface area contributed by atoms with Crippen molar-refractivity contribution in [3.05, 3.63) is 12.2 Å². The predicted molar refractivity (Wildman–Crippen MR) is 68.2 cm³/mol. The minimum atomic E-state index is -0.877. The highest BCUT2D eigenvalue weighted by Gasteiger charge is 2.64. The Hall–Kier alpha value is -1.16. The van der Waals surface area contributed by atoms with Crippen LogP contribution in [0, 0.1) is 17.3 Å². The van der Waals surface area contributed by atoms with E-state index < -0.39 is 17.1 Å². The van der Waals surface area contributed by atoms with E-state index in [4.69, 9.17) is 4.74 Å². The van der Waals surface area contributed by atoms with Gasteiger partial charge in [-0.2, -0.15) is 0 Å². The fourth-order valence-electron chi connectivity index (χ4n) is 4.45. The lowest BCUT2D eigenvalue weighted by Gasteiger charge is -2.40. The normalized spacial score (nSPS) is 49.6. The second kappa shape index (κ2) is 3.69. The molecule has 0 aromatic carbocycles. The van der Waals surface area contributed by atoms with Gasteiger partial charge in [-0.05, 0) is 33.1 Å². The van der Waals surface area contributed by atoms with Crippen LogP contribution in [0.2, 0.25) is 0 Å². The molecule has 0 aromatic heterocycles. The number of ether oxygens (including phenoxy) is 1. The zero-order valence-corrected chi connectivity index (χ0v) is 11.4. The number of esters is 1. The number of fused-ring (bicyclic) bond motifs is 3. The molecule has 4 nitrogen and oxygen atoms in total. The van der Waals surface area contributed by atoms with E-state index in [1.54, 1.807) is 6.92 Å². The topological polar surface area (TPSA) is 63.6 Å². The van der Waals surface area contributed by atoms with Gasteiger partial charge in [0, 0.05) is 23.8 Å². The van der Waals surface area contributed by atoms with Crippen LogP contribution in [0.1, 0.15) is 39.5 Å². The molecule has 1 heterocycles. The number of rotatable bonds is 0. The molecule has 3 aliphatic rings. The Morgan fingerprint density at radius 1 is 1.32 bits per heavy atom. The third kappa shape index (κ3) is 1.49. The monoisotopic (exact) mass is 264 g/mol. The second-order valence-corrected chi connectivity index (χ2v) is 6.65. The fourth-order valence-corrected chi connectivity index (χ4v) is 4.45. The van der Waals surface area contributed by atoms with Crippen molar-refractivity contribution in [3.63, 3.8) is 0 Å². The quantitative estimate of drug-likeness (QED) is 0.533. The van der Waals surface area contributed by atoms with Crippen LogP contribution in [-0.2, 0) is 14.3 Å². The molecule has 3 rings (SSSR count). The van der Waals surface area contributed by atoms with E-state index in [2.05, 4.69) is 6.58 Å². The van der Waals surface area contributed by atoms with Gasteiger partial charge in [-0.15, -0.1) is 0 Å². The molecule has 0 aromatic rings. The molecule has 2 saturated carbocycles. The molecule has 0 amide bonds. The maximum Gasteiger partial charge on any atom is 0.334 e. The second-order valence-electron chi connectivity index (χ2n) is 6.65. The van der Waals surface area contributed by atoms with E-state index in [0.717, 1.165) is 0 Å². The minimum absolute atomic E-state index is 0.108. The lowest BCUT2D eigenvalue weighted by Crippen LogP contribution is -2.49. The molecule has 2 aliphatic carbocycles. The lowest BCUT2D eigenvalue weighted by molar-refractivity contribution is -0.155. The highest BCUT2D eigenvalue weighted by atomic mass is 16.6. The summed E-state index contributed by atoms with van der Waals surface area (Å²) in [5.41, 5.74) is -1.18. The number of hydrogen-bond acceptors (Lipinski definition) is 4. The molecule has 19 heavy (non-hydrogen) atoms. The summed E-state index contributed by atoms with van der Waals surface area (Å²) in [5, 5.41) is 10.7. The van der Waals surface area contributed by atoms with E-state index in [9.17, 15) is 14.7 Å². The minimum Gasteiger partial charge on any atom is -0.457 e. The summed E-state index contributed by atoms with van der Waals surface area (Å²) in [5.74, 6) is -0.536. The summed E-state index contributed by atoms with van der Waals surface area (Å²) in [6.45, 7) is 7.48. The maximum atomic E-state index is 12.4. The third-order valence-electron chi connectivity index (χ3n) is 5.60. The van der Waals surface area contributed by atoms with Crippen molar-refractivity contribution in [2.45, 2.75) is 51.2 Å². The highest BCUT2D eigenvalue weighted by Crippen LogP contribution is 2.57. The lowest BCUT2D eigenvalue weighted by atomic mass is 9.67. The van der Waals surface area contributed by atoms with Gasteiger partial charge >= 0.3 is 5.97 Å². The van der Waals surface area contributed by atoms with Crippen molar-refractivity contribution in [2.75, 3.05) is 0 Å². The van der Waals surface area contributed by atoms with Gasteiger partial charge in [0.25, 0.3) is 0 Å². The number of carbonyl (C=O) groups is 2. The van der Waals surface area contributed by atoms with Gasteiger partial charge in [-0.1, -0.05) is 6.58 Å². The Bertz CT molecular complexity index is 479. The summed E-state index contributed by atoms with van der Waals surface area (Å²) >= 11 is 0. The number of carbonyl (C=O) groups excluding carboxylic acids is 2. The van der Waals surface area contributed by atoms with Gasteiger partial charge in [0.1, 0.15) is 11.9 Å². The van der Waals surface area contributed by atoms with Crippen LogP contribution in [0.5, 0.6) is 0 Å². The van der Waals surface area contributed by atoms with Crippen LogP contribution in [0.25, 0.3) is 0 Å². The zero-order chi connectivity index (χ0) is 14.0. The molecule has 0 radical (unpaired) electrons. The predicted octanol–water partition coefficient (Wildman–Crippen LogP) is 1.61. The molecule has 0 bridgehead atoms. The number of hydrogen-bond donors (Lipinski definition) is 1. The molecule has 4 heteroatoms. The molecule has 1 N–H and O–H groups in total. The molecular formula is C15H20O4. The number of Topliss-reactive ketones (excluding diaryl/α,β-unsaturated/α-hetero) is 1. The summed E-state index contributed by atoms with van der Waals surface area (Å²) in [6, 6.07) is 0. The summed E-state index contributed by atoms with van der Waals surface area (Å²) in [6.07, 6.45) is 1.93. The van der Waals surface area contributed by atoms with Crippen LogP contribution in [0.4, 0.5) is 0 Å². The Labute approximate surface area is 112 Å². The van der Waals surface area contributed by atoms with E-state index in [1.807, 2.05) is 6.92 Å². The van der Waals surface area contributed by atoms with Gasteiger partial charge in [-0.25, -0.2) is 4.79 Å². The van der Waals surface area contributed by atoms with Gasteiger partial charge in [0.05, 0.1) is 11.0 Å². The Morgan fingerprint density at radius 3 is 2.68 bits per heavy atom. The van der Waals surface area contributed by atoms with Gasteiger partial charge in [0.2, 0.25) is 0 Å². The molecule has 3 fully saturated rings. The first-order valence-electron chi connectivity index (χ1n) is 6.94.